The molecule has 0 spiro atoms. The lowest BCUT2D eigenvalue weighted by Crippen LogP contribution is -2.30. The average molecular weight is 326 g/mol. The Morgan fingerprint density at radius 3 is 2.68 bits per heavy atom. The van der Waals surface area contributed by atoms with Crippen LogP contribution in [0.4, 0.5) is 0 Å². The molecule has 1 aromatic carbocycles. The number of amides is 1. The highest BCUT2D eigenvalue weighted by Crippen LogP contribution is 2.37. The molecule has 0 bridgehead atoms. The molecule has 0 saturated carbocycles. The summed E-state index contributed by atoms with van der Waals surface area (Å²) in [5.41, 5.74) is 1.97. The molecule has 0 N–H and O–H groups in total. The van der Waals surface area contributed by atoms with E-state index in [0.29, 0.717) is 9.23 Å². The molecule has 1 aromatic heterocycles. The third-order valence-corrected chi connectivity index (χ3v) is 4.81. The van der Waals surface area contributed by atoms with Crippen molar-refractivity contribution < 1.29 is 4.79 Å². The van der Waals surface area contributed by atoms with Gasteiger partial charge < -0.3 is 0 Å². The van der Waals surface area contributed by atoms with Crippen molar-refractivity contribution in [2.24, 2.45) is 0 Å². The van der Waals surface area contributed by atoms with Crippen LogP contribution in [0.3, 0.4) is 0 Å². The second kappa shape index (κ2) is 6.42. The fourth-order valence-corrected chi connectivity index (χ4v) is 3.73. The maximum Gasteiger partial charge on any atom is 0.266 e. The molecule has 0 radical (unpaired) electrons. The van der Waals surface area contributed by atoms with Gasteiger partial charge in [0.05, 0.1) is 10.9 Å². The number of pyridine rings is 1. The summed E-state index contributed by atoms with van der Waals surface area (Å²) in [6.45, 7) is 1.99. The van der Waals surface area contributed by atoms with Crippen molar-refractivity contribution in [3.05, 3.63) is 70.9 Å². The van der Waals surface area contributed by atoms with Gasteiger partial charge in [0, 0.05) is 12.4 Å². The first-order valence-corrected chi connectivity index (χ1v) is 8.11. The van der Waals surface area contributed by atoms with Crippen molar-refractivity contribution >= 4 is 40.3 Å². The highest BCUT2D eigenvalue weighted by atomic mass is 32.2. The Hall–Kier alpha value is -1.98. The molecule has 0 unspecified atom stereocenters. The molecule has 110 valence electrons. The SMILES string of the molecule is C[C@@H](c1ccccc1)N1C(=O)/C(=C/c2cccnc2)SC1=S. The van der Waals surface area contributed by atoms with Crippen LogP contribution in [0, 0.1) is 0 Å². The Kier molecular flexibility index (Phi) is 4.36. The molecule has 1 fully saturated rings. The Labute approximate surface area is 139 Å². The summed E-state index contributed by atoms with van der Waals surface area (Å²) in [6.07, 6.45) is 5.28. The first-order chi connectivity index (χ1) is 10.7. The van der Waals surface area contributed by atoms with Gasteiger partial charge >= 0.3 is 0 Å². The Morgan fingerprint density at radius 2 is 2.00 bits per heavy atom. The largest absolute Gasteiger partial charge is 0.286 e. The van der Waals surface area contributed by atoms with Crippen molar-refractivity contribution in [3.63, 3.8) is 0 Å². The minimum atomic E-state index is -0.0755. The van der Waals surface area contributed by atoms with E-state index in [1.165, 1.54) is 11.8 Å². The number of carbonyl (C=O) groups excluding carboxylic acids is 1. The molecule has 3 rings (SSSR count). The van der Waals surface area contributed by atoms with Crippen LogP contribution in [-0.4, -0.2) is 20.1 Å². The molecule has 1 aliphatic heterocycles. The topological polar surface area (TPSA) is 33.2 Å². The van der Waals surface area contributed by atoms with Crippen LogP contribution >= 0.6 is 24.0 Å². The van der Waals surface area contributed by atoms with E-state index < -0.39 is 0 Å². The Bertz CT molecular complexity index is 729. The number of carbonyl (C=O) groups is 1. The first kappa shape index (κ1) is 14.9. The van der Waals surface area contributed by atoms with Crippen LogP contribution in [0.15, 0.2) is 59.8 Å². The zero-order valence-corrected chi connectivity index (χ0v) is 13.6. The maximum atomic E-state index is 12.7. The molecule has 1 aliphatic rings. The second-order valence-electron chi connectivity index (χ2n) is 4.92. The van der Waals surface area contributed by atoms with Crippen molar-refractivity contribution in [1.29, 1.82) is 0 Å². The van der Waals surface area contributed by atoms with Gasteiger partial charge in [0.15, 0.2) is 0 Å². The molecule has 3 nitrogen and oxygen atoms in total. The lowest BCUT2D eigenvalue weighted by atomic mass is 10.1. The normalized spacial score (nSPS) is 18.0. The van der Waals surface area contributed by atoms with E-state index in [0.717, 1.165) is 11.1 Å². The van der Waals surface area contributed by atoms with Crippen LogP contribution < -0.4 is 0 Å². The van der Waals surface area contributed by atoms with Crippen LogP contribution in [-0.2, 0) is 4.79 Å². The molecule has 1 amide bonds. The summed E-state index contributed by atoms with van der Waals surface area (Å²) in [4.78, 5) is 19.0. The monoisotopic (exact) mass is 326 g/mol. The van der Waals surface area contributed by atoms with Crippen LogP contribution in [0.1, 0.15) is 24.1 Å². The summed E-state index contributed by atoms with van der Waals surface area (Å²) in [6, 6.07) is 13.6. The lowest BCUT2D eigenvalue weighted by molar-refractivity contribution is -0.123. The Balaban J connectivity index is 1.88. The van der Waals surface area contributed by atoms with Gasteiger partial charge in [-0.05, 0) is 30.2 Å². The van der Waals surface area contributed by atoms with Crippen molar-refractivity contribution in [3.8, 4) is 0 Å². The minimum Gasteiger partial charge on any atom is -0.286 e. The summed E-state index contributed by atoms with van der Waals surface area (Å²) < 4.78 is 0.594. The molecule has 2 aromatic rings. The summed E-state index contributed by atoms with van der Waals surface area (Å²) >= 11 is 6.74. The number of nitrogens with zero attached hydrogens (tertiary/aromatic N) is 2. The van der Waals surface area contributed by atoms with Gasteiger partial charge in [-0.2, -0.15) is 0 Å². The van der Waals surface area contributed by atoms with Gasteiger partial charge in [0.2, 0.25) is 0 Å². The molecular weight excluding hydrogens is 312 g/mol. The number of thiocarbonyl (C=S) groups is 1. The Morgan fingerprint density at radius 1 is 1.23 bits per heavy atom. The van der Waals surface area contributed by atoms with Gasteiger partial charge in [0.25, 0.3) is 5.91 Å². The third kappa shape index (κ3) is 2.96. The van der Waals surface area contributed by atoms with E-state index in [1.54, 1.807) is 17.3 Å². The molecule has 1 saturated heterocycles. The van der Waals surface area contributed by atoms with E-state index in [-0.39, 0.29) is 11.9 Å². The quantitative estimate of drug-likeness (QED) is 0.629. The minimum absolute atomic E-state index is 0.0461. The highest BCUT2D eigenvalue weighted by Gasteiger charge is 2.35. The number of aromatic nitrogens is 1. The highest BCUT2D eigenvalue weighted by molar-refractivity contribution is 8.26. The zero-order valence-electron chi connectivity index (χ0n) is 12.0. The van der Waals surface area contributed by atoms with E-state index >= 15 is 0 Å². The van der Waals surface area contributed by atoms with Crippen LogP contribution in [0.5, 0.6) is 0 Å². The number of benzene rings is 1. The first-order valence-electron chi connectivity index (χ1n) is 6.89. The molecule has 2 heterocycles. The summed E-state index contributed by atoms with van der Waals surface area (Å²) in [5, 5.41) is 0. The summed E-state index contributed by atoms with van der Waals surface area (Å²) in [7, 11) is 0. The standard InChI is InChI=1S/C17H14N2OS2/c1-12(14-7-3-2-4-8-14)19-16(20)15(22-17(19)21)10-13-6-5-9-18-11-13/h2-12H,1H3/b15-10-/t12-/m0/s1. The van der Waals surface area contributed by atoms with Gasteiger partial charge in [0.1, 0.15) is 4.32 Å². The van der Waals surface area contributed by atoms with E-state index in [1.807, 2.05) is 55.5 Å². The van der Waals surface area contributed by atoms with Gasteiger partial charge in [-0.25, -0.2) is 0 Å². The number of thioether (sulfide) groups is 1. The average Bonchev–Trinajstić information content (AvgIpc) is 2.82. The van der Waals surface area contributed by atoms with E-state index in [2.05, 4.69) is 4.98 Å². The third-order valence-electron chi connectivity index (χ3n) is 3.47. The number of hydrogen-bond donors (Lipinski definition) is 0. The fourth-order valence-electron chi connectivity index (χ4n) is 2.31. The molecular formula is C17H14N2OS2. The summed E-state index contributed by atoms with van der Waals surface area (Å²) in [5.74, 6) is -0.0461. The van der Waals surface area contributed by atoms with Crippen molar-refractivity contribution in [2.75, 3.05) is 0 Å². The maximum absolute atomic E-state index is 12.7. The molecule has 0 aliphatic carbocycles. The lowest BCUT2D eigenvalue weighted by Gasteiger charge is -2.23. The molecule has 5 heteroatoms. The number of rotatable bonds is 3. The van der Waals surface area contributed by atoms with Gasteiger partial charge in [-0.15, -0.1) is 0 Å². The molecule has 1 atom stereocenters. The van der Waals surface area contributed by atoms with E-state index in [9.17, 15) is 4.79 Å². The molecule has 22 heavy (non-hydrogen) atoms. The fraction of sp³-hybridized carbons (Fsp3) is 0.118. The van der Waals surface area contributed by atoms with Gasteiger partial charge in [-0.3, -0.25) is 14.7 Å². The van der Waals surface area contributed by atoms with Crippen LogP contribution in [0.2, 0.25) is 0 Å². The second-order valence-corrected chi connectivity index (χ2v) is 6.60. The van der Waals surface area contributed by atoms with E-state index in [4.69, 9.17) is 12.2 Å². The smallest absolute Gasteiger partial charge is 0.266 e. The van der Waals surface area contributed by atoms with Gasteiger partial charge in [-0.1, -0.05) is 60.4 Å². The number of hydrogen-bond acceptors (Lipinski definition) is 4. The van der Waals surface area contributed by atoms with Crippen LogP contribution in [0.25, 0.3) is 6.08 Å². The zero-order chi connectivity index (χ0) is 15.5. The predicted octanol–water partition coefficient (Wildman–Crippen LogP) is 4.04. The van der Waals surface area contributed by atoms with Crippen molar-refractivity contribution in [1.82, 2.24) is 9.88 Å². The predicted molar refractivity (Wildman–Crippen MR) is 94.1 cm³/mol. The van der Waals surface area contributed by atoms with Crippen molar-refractivity contribution in [2.45, 2.75) is 13.0 Å².